The molecule has 0 radical (unpaired) electrons. The van der Waals surface area contributed by atoms with Gasteiger partial charge in [0.2, 0.25) is 5.88 Å². The average Bonchev–Trinajstić information content (AvgIpc) is 2.58. The maximum atomic E-state index is 13.6. The molecule has 1 aromatic carbocycles. The van der Waals surface area contributed by atoms with Gasteiger partial charge in [-0.15, -0.1) is 0 Å². The standard InChI is InChI=1S/C20H26F2N2O2/c1-13(2)11-20(3,23)12-26-17-6-5-14(9-16(17)19(21)22)15-7-8-24-18(10-15)25-4/h5-10,13,19H,11-12,23H2,1-4H3. The summed E-state index contributed by atoms with van der Waals surface area (Å²) in [6.45, 7) is 6.17. The molecular weight excluding hydrogens is 338 g/mol. The van der Waals surface area contributed by atoms with Crippen molar-refractivity contribution in [1.29, 1.82) is 0 Å². The van der Waals surface area contributed by atoms with Crippen LogP contribution in [0.3, 0.4) is 0 Å². The summed E-state index contributed by atoms with van der Waals surface area (Å²) < 4.78 is 37.8. The van der Waals surface area contributed by atoms with Crippen molar-refractivity contribution in [3.05, 3.63) is 42.1 Å². The first-order chi connectivity index (χ1) is 12.2. The van der Waals surface area contributed by atoms with Crippen molar-refractivity contribution in [3.63, 3.8) is 0 Å². The molecular formula is C20H26F2N2O2. The Morgan fingerprint density at radius 2 is 1.85 bits per heavy atom. The SMILES string of the molecule is COc1cc(-c2ccc(OCC(C)(N)CC(C)C)c(C(F)F)c2)ccn1. The molecule has 1 atom stereocenters. The van der Waals surface area contributed by atoms with Crippen LogP contribution in [0.4, 0.5) is 8.78 Å². The van der Waals surface area contributed by atoms with E-state index in [4.69, 9.17) is 15.2 Å². The fraction of sp³-hybridized carbons (Fsp3) is 0.450. The number of hydrogen-bond donors (Lipinski definition) is 1. The van der Waals surface area contributed by atoms with E-state index in [2.05, 4.69) is 18.8 Å². The molecule has 0 spiro atoms. The van der Waals surface area contributed by atoms with Crippen molar-refractivity contribution in [2.75, 3.05) is 13.7 Å². The first-order valence-corrected chi connectivity index (χ1v) is 8.56. The van der Waals surface area contributed by atoms with Gasteiger partial charge in [0, 0.05) is 17.8 Å². The predicted molar refractivity (Wildman–Crippen MR) is 98.7 cm³/mol. The molecule has 0 aliphatic heterocycles. The molecule has 26 heavy (non-hydrogen) atoms. The number of benzene rings is 1. The number of hydrogen-bond acceptors (Lipinski definition) is 4. The number of nitrogens with zero attached hydrogens (tertiary/aromatic N) is 1. The zero-order valence-electron chi connectivity index (χ0n) is 15.6. The summed E-state index contributed by atoms with van der Waals surface area (Å²) in [5.74, 6) is 0.978. The number of alkyl halides is 2. The summed E-state index contributed by atoms with van der Waals surface area (Å²) in [5.41, 5.74) is 6.87. The van der Waals surface area contributed by atoms with E-state index in [-0.39, 0.29) is 17.9 Å². The monoisotopic (exact) mass is 364 g/mol. The zero-order valence-corrected chi connectivity index (χ0v) is 15.6. The number of ether oxygens (including phenoxy) is 2. The van der Waals surface area contributed by atoms with E-state index < -0.39 is 12.0 Å². The summed E-state index contributed by atoms with van der Waals surface area (Å²) in [6.07, 6.45) is -0.332. The summed E-state index contributed by atoms with van der Waals surface area (Å²) in [5, 5.41) is 0. The molecule has 2 N–H and O–H groups in total. The minimum Gasteiger partial charge on any atom is -0.491 e. The van der Waals surface area contributed by atoms with Crippen LogP contribution >= 0.6 is 0 Å². The van der Waals surface area contributed by atoms with Gasteiger partial charge in [-0.05, 0) is 48.6 Å². The second-order valence-corrected chi connectivity index (χ2v) is 7.18. The Morgan fingerprint density at radius 3 is 2.46 bits per heavy atom. The number of methoxy groups -OCH3 is 1. The molecule has 0 fully saturated rings. The van der Waals surface area contributed by atoms with Crippen LogP contribution in [0.1, 0.15) is 39.2 Å². The Morgan fingerprint density at radius 1 is 1.15 bits per heavy atom. The van der Waals surface area contributed by atoms with Gasteiger partial charge in [0.1, 0.15) is 12.4 Å². The molecule has 0 saturated heterocycles. The van der Waals surface area contributed by atoms with Gasteiger partial charge in [-0.25, -0.2) is 13.8 Å². The molecule has 2 rings (SSSR count). The Kier molecular flexibility index (Phi) is 6.53. The number of pyridine rings is 1. The van der Waals surface area contributed by atoms with Gasteiger partial charge in [-0.2, -0.15) is 0 Å². The van der Waals surface area contributed by atoms with Gasteiger partial charge >= 0.3 is 0 Å². The molecule has 142 valence electrons. The number of rotatable bonds is 8. The molecule has 1 unspecified atom stereocenters. The fourth-order valence-corrected chi connectivity index (χ4v) is 2.96. The zero-order chi connectivity index (χ0) is 19.3. The summed E-state index contributed by atoms with van der Waals surface area (Å²) in [4.78, 5) is 4.03. The topological polar surface area (TPSA) is 57.4 Å². The van der Waals surface area contributed by atoms with Crippen LogP contribution in [-0.4, -0.2) is 24.2 Å². The molecule has 1 heterocycles. The Hall–Kier alpha value is -2.21. The molecule has 0 bridgehead atoms. The Labute approximate surface area is 153 Å². The highest BCUT2D eigenvalue weighted by Crippen LogP contribution is 2.34. The van der Waals surface area contributed by atoms with Gasteiger partial charge in [0.05, 0.1) is 12.7 Å². The third kappa shape index (κ3) is 5.39. The number of halogens is 2. The molecule has 0 aliphatic rings. The van der Waals surface area contributed by atoms with Gasteiger partial charge in [0.25, 0.3) is 6.43 Å². The smallest absolute Gasteiger partial charge is 0.267 e. The van der Waals surface area contributed by atoms with Crippen LogP contribution in [-0.2, 0) is 0 Å². The summed E-state index contributed by atoms with van der Waals surface area (Å²) in [7, 11) is 1.51. The summed E-state index contributed by atoms with van der Waals surface area (Å²) >= 11 is 0. The van der Waals surface area contributed by atoms with E-state index in [1.807, 2.05) is 6.92 Å². The van der Waals surface area contributed by atoms with Crippen LogP contribution in [0.15, 0.2) is 36.5 Å². The maximum absolute atomic E-state index is 13.6. The highest BCUT2D eigenvalue weighted by molar-refractivity contribution is 5.66. The van der Waals surface area contributed by atoms with E-state index in [9.17, 15) is 8.78 Å². The van der Waals surface area contributed by atoms with Crippen LogP contribution in [0.25, 0.3) is 11.1 Å². The first-order valence-electron chi connectivity index (χ1n) is 8.56. The van der Waals surface area contributed by atoms with Crippen molar-refractivity contribution >= 4 is 0 Å². The largest absolute Gasteiger partial charge is 0.491 e. The second-order valence-electron chi connectivity index (χ2n) is 7.18. The van der Waals surface area contributed by atoms with Gasteiger partial charge in [0.15, 0.2) is 0 Å². The molecule has 0 saturated carbocycles. The van der Waals surface area contributed by atoms with Crippen LogP contribution in [0.2, 0.25) is 0 Å². The van der Waals surface area contributed by atoms with Gasteiger partial charge in [-0.1, -0.05) is 19.9 Å². The van der Waals surface area contributed by atoms with E-state index in [0.29, 0.717) is 17.4 Å². The van der Waals surface area contributed by atoms with Crippen molar-refractivity contribution in [2.24, 2.45) is 11.7 Å². The lowest BCUT2D eigenvalue weighted by Gasteiger charge is -2.27. The molecule has 0 amide bonds. The highest BCUT2D eigenvalue weighted by atomic mass is 19.3. The number of nitrogens with two attached hydrogens (primary N) is 1. The average molecular weight is 364 g/mol. The Bertz CT molecular complexity index is 734. The lowest BCUT2D eigenvalue weighted by Crippen LogP contribution is -2.43. The second kappa shape index (κ2) is 8.45. The minimum atomic E-state index is -2.65. The maximum Gasteiger partial charge on any atom is 0.267 e. The van der Waals surface area contributed by atoms with E-state index in [1.165, 1.54) is 13.2 Å². The van der Waals surface area contributed by atoms with E-state index in [0.717, 1.165) is 12.0 Å². The highest BCUT2D eigenvalue weighted by Gasteiger charge is 2.23. The van der Waals surface area contributed by atoms with Crippen molar-refractivity contribution < 1.29 is 18.3 Å². The molecule has 4 nitrogen and oxygen atoms in total. The van der Waals surface area contributed by atoms with Crippen LogP contribution < -0.4 is 15.2 Å². The third-order valence-corrected chi connectivity index (χ3v) is 3.95. The van der Waals surface area contributed by atoms with Gasteiger partial charge in [-0.3, -0.25) is 0 Å². The quantitative estimate of drug-likeness (QED) is 0.728. The minimum absolute atomic E-state index is 0.154. The molecule has 6 heteroatoms. The fourth-order valence-electron chi connectivity index (χ4n) is 2.96. The van der Waals surface area contributed by atoms with E-state index in [1.54, 1.807) is 30.5 Å². The predicted octanol–water partition coefficient (Wildman–Crippen LogP) is 4.84. The normalized spacial score (nSPS) is 13.7. The van der Waals surface area contributed by atoms with Crippen LogP contribution in [0.5, 0.6) is 11.6 Å². The van der Waals surface area contributed by atoms with E-state index >= 15 is 0 Å². The van der Waals surface area contributed by atoms with Crippen LogP contribution in [0, 0.1) is 5.92 Å². The van der Waals surface area contributed by atoms with Crippen molar-refractivity contribution in [2.45, 2.75) is 39.2 Å². The van der Waals surface area contributed by atoms with Gasteiger partial charge < -0.3 is 15.2 Å². The Balaban J connectivity index is 2.26. The lowest BCUT2D eigenvalue weighted by atomic mass is 9.93. The van der Waals surface area contributed by atoms with Crippen molar-refractivity contribution in [3.8, 4) is 22.8 Å². The molecule has 1 aromatic heterocycles. The number of aromatic nitrogens is 1. The molecule has 0 aliphatic carbocycles. The third-order valence-electron chi connectivity index (χ3n) is 3.95. The lowest BCUT2D eigenvalue weighted by molar-refractivity contribution is 0.140. The first kappa shape index (κ1) is 20.1. The summed E-state index contributed by atoms with van der Waals surface area (Å²) in [6, 6.07) is 8.18. The van der Waals surface area contributed by atoms with Crippen molar-refractivity contribution in [1.82, 2.24) is 4.98 Å². The molecule has 2 aromatic rings.